The first-order valence-electron chi connectivity index (χ1n) is 9.37. The highest BCUT2D eigenvalue weighted by Crippen LogP contribution is 2.25. The number of benzene rings is 1. The van der Waals surface area contributed by atoms with Gasteiger partial charge in [0.15, 0.2) is 5.96 Å². The van der Waals surface area contributed by atoms with E-state index in [-0.39, 0.29) is 24.0 Å². The lowest BCUT2D eigenvalue weighted by Crippen LogP contribution is -2.40. The number of thioether (sulfide) groups is 1. The fourth-order valence-corrected chi connectivity index (χ4v) is 4.31. The summed E-state index contributed by atoms with van der Waals surface area (Å²) in [5, 5.41) is 8.76. The van der Waals surface area contributed by atoms with E-state index < -0.39 is 0 Å². The summed E-state index contributed by atoms with van der Waals surface area (Å²) in [6.07, 6.45) is 2.64. The summed E-state index contributed by atoms with van der Waals surface area (Å²) in [7, 11) is 4.05. The van der Waals surface area contributed by atoms with E-state index in [9.17, 15) is 0 Å². The van der Waals surface area contributed by atoms with Crippen LogP contribution in [0.1, 0.15) is 25.3 Å². The van der Waals surface area contributed by atoms with Crippen molar-refractivity contribution < 1.29 is 0 Å². The number of guanidine groups is 1. The maximum Gasteiger partial charge on any atom is 0.191 e. The van der Waals surface area contributed by atoms with E-state index in [1.54, 1.807) is 0 Å². The summed E-state index contributed by atoms with van der Waals surface area (Å²) in [6, 6.07) is 10.4. The minimum atomic E-state index is 0. The second-order valence-electron chi connectivity index (χ2n) is 6.76. The summed E-state index contributed by atoms with van der Waals surface area (Å²) in [5.74, 6) is 3.15. The number of anilines is 1. The standard InChI is InChI=1S/C20H29N5S.HI/c1-4-21-20(23-14-16-8-7-11-26-16)22-13-15-12-19(25(2)3)24-18-10-6-5-9-17(15)18;/h5-6,9-10,12,16H,4,7-8,11,13-14H2,1-3H3,(H2,21,22,23);1H. The average molecular weight is 499 g/mol. The number of fused-ring (bicyclic) bond motifs is 1. The number of para-hydroxylation sites is 1. The van der Waals surface area contributed by atoms with Gasteiger partial charge in [0, 0.05) is 37.8 Å². The van der Waals surface area contributed by atoms with Crippen LogP contribution in [0.5, 0.6) is 0 Å². The van der Waals surface area contributed by atoms with Gasteiger partial charge in [-0.2, -0.15) is 11.8 Å². The van der Waals surface area contributed by atoms with Gasteiger partial charge in [0.2, 0.25) is 0 Å². The molecule has 1 fully saturated rings. The van der Waals surface area contributed by atoms with Crippen LogP contribution in [0.15, 0.2) is 35.3 Å². The largest absolute Gasteiger partial charge is 0.363 e. The Bertz CT molecular complexity index is 759. The van der Waals surface area contributed by atoms with Crippen molar-refractivity contribution >= 4 is 58.4 Å². The van der Waals surface area contributed by atoms with Crippen LogP contribution in [0.25, 0.3) is 10.9 Å². The van der Waals surface area contributed by atoms with Gasteiger partial charge in [-0.05, 0) is 43.2 Å². The molecule has 3 rings (SSSR count). The Labute approximate surface area is 183 Å². The van der Waals surface area contributed by atoms with Gasteiger partial charge in [0.05, 0.1) is 12.1 Å². The van der Waals surface area contributed by atoms with E-state index in [0.717, 1.165) is 30.4 Å². The normalized spacial score (nSPS) is 16.9. The third-order valence-corrected chi connectivity index (χ3v) is 5.92. The Kier molecular flexibility index (Phi) is 8.95. The summed E-state index contributed by atoms with van der Waals surface area (Å²) in [5.41, 5.74) is 2.22. The third kappa shape index (κ3) is 6.14. The maximum absolute atomic E-state index is 4.83. The van der Waals surface area contributed by atoms with Crippen LogP contribution in [0.3, 0.4) is 0 Å². The summed E-state index contributed by atoms with van der Waals surface area (Å²) < 4.78 is 0. The number of nitrogens with one attached hydrogen (secondary N) is 2. The molecule has 0 aliphatic carbocycles. The Hall–Kier alpha value is -1.22. The van der Waals surface area contributed by atoms with Crippen LogP contribution in [0.2, 0.25) is 0 Å². The van der Waals surface area contributed by atoms with E-state index in [4.69, 9.17) is 9.98 Å². The number of pyridine rings is 1. The van der Waals surface area contributed by atoms with Gasteiger partial charge in [-0.3, -0.25) is 0 Å². The van der Waals surface area contributed by atoms with Crippen molar-refractivity contribution in [3.8, 4) is 0 Å². The molecule has 2 aromatic rings. The highest BCUT2D eigenvalue weighted by Gasteiger charge is 2.15. The molecule has 27 heavy (non-hydrogen) atoms. The number of aliphatic imine (C=N–C) groups is 1. The van der Waals surface area contributed by atoms with Crippen LogP contribution in [-0.4, -0.2) is 49.1 Å². The summed E-state index contributed by atoms with van der Waals surface area (Å²) in [6.45, 7) is 4.59. The molecular formula is C20H30IN5S. The van der Waals surface area contributed by atoms with Crippen molar-refractivity contribution in [2.24, 2.45) is 4.99 Å². The predicted molar refractivity (Wildman–Crippen MR) is 130 cm³/mol. The molecule has 0 amide bonds. The molecule has 148 valence electrons. The van der Waals surface area contributed by atoms with Gasteiger partial charge < -0.3 is 15.5 Å². The summed E-state index contributed by atoms with van der Waals surface area (Å²) in [4.78, 5) is 11.6. The van der Waals surface area contributed by atoms with Gasteiger partial charge in [-0.1, -0.05) is 18.2 Å². The van der Waals surface area contributed by atoms with Crippen molar-refractivity contribution in [3.63, 3.8) is 0 Å². The molecule has 1 unspecified atom stereocenters. The first kappa shape index (κ1) is 22.1. The van der Waals surface area contributed by atoms with E-state index in [0.29, 0.717) is 11.8 Å². The van der Waals surface area contributed by atoms with Crippen molar-refractivity contribution in [1.82, 2.24) is 15.6 Å². The number of hydrogen-bond donors (Lipinski definition) is 2. The van der Waals surface area contributed by atoms with Crippen molar-refractivity contribution in [2.75, 3.05) is 37.8 Å². The number of halogens is 1. The highest BCUT2D eigenvalue weighted by atomic mass is 127. The van der Waals surface area contributed by atoms with Crippen LogP contribution in [0, 0.1) is 0 Å². The molecule has 0 radical (unpaired) electrons. The van der Waals surface area contributed by atoms with Crippen molar-refractivity contribution in [3.05, 3.63) is 35.9 Å². The van der Waals surface area contributed by atoms with E-state index >= 15 is 0 Å². The quantitative estimate of drug-likeness (QED) is 0.359. The number of nitrogens with zero attached hydrogens (tertiary/aromatic N) is 3. The molecule has 1 aromatic heterocycles. The van der Waals surface area contributed by atoms with E-state index in [1.807, 2.05) is 25.1 Å². The molecule has 1 aromatic carbocycles. The topological polar surface area (TPSA) is 52.6 Å². The minimum Gasteiger partial charge on any atom is -0.363 e. The van der Waals surface area contributed by atoms with Gasteiger partial charge in [-0.15, -0.1) is 24.0 Å². The molecule has 1 atom stereocenters. The summed E-state index contributed by atoms with van der Waals surface area (Å²) >= 11 is 2.06. The monoisotopic (exact) mass is 499 g/mol. The fraction of sp³-hybridized carbons (Fsp3) is 0.500. The predicted octanol–water partition coefficient (Wildman–Crippen LogP) is 3.87. The van der Waals surface area contributed by atoms with Crippen LogP contribution >= 0.6 is 35.7 Å². The first-order chi connectivity index (χ1) is 12.7. The Balaban J connectivity index is 0.00000261. The SMILES string of the molecule is CCNC(=NCc1cc(N(C)C)nc2ccccc12)NCC1CCCS1.I. The lowest BCUT2D eigenvalue weighted by molar-refractivity contribution is 0.727. The molecule has 7 heteroatoms. The number of aromatic nitrogens is 1. The van der Waals surface area contributed by atoms with Gasteiger partial charge in [0.1, 0.15) is 5.82 Å². The Morgan fingerprint density at radius 3 is 2.81 bits per heavy atom. The maximum atomic E-state index is 4.83. The molecule has 1 aliphatic heterocycles. The van der Waals surface area contributed by atoms with E-state index in [1.165, 1.54) is 29.5 Å². The lowest BCUT2D eigenvalue weighted by atomic mass is 10.1. The first-order valence-corrected chi connectivity index (χ1v) is 10.4. The Morgan fingerprint density at radius 1 is 1.30 bits per heavy atom. The third-order valence-electron chi connectivity index (χ3n) is 4.52. The lowest BCUT2D eigenvalue weighted by Gasteiger charge is -2.16. The molecule has 1 saturated heterocycles. The second kappa shape index (κ2) is 10.9. The molecule has 0 spiro atoms. The van der Waals surface area contributed by atoms with Crippen LogP contribution < -0.4 is 15.5 Å². The Morgan fingerprint density at radius 2 is 2.11 bits per heavy atom. The molecular weight excluding hydrogens is 469 g/mol. The number of hydrogen-bond acceptors (Lipinski definition) is 4. The second-order valence-corrected chi connectivity index (χ2v) is 8.17. The molecule has 0 saturated carbocycles. The molecule has 2 heterocycles. The molecule has 1 aliphatic rings. The van der Waals surface area contributed by atoms with Gasteiger partial charge in [0.25, 0.3) is 0 Å². The fourth-order valence-electron chi connectivity index (χ4n) is 3.11. The van der Waals surface area contributed by atoms with Gasteiger partial charge in [-0.25, -0.2) is 9.98 Å². The zero-order valence-corrected chi connectivity index (χ0v) is 19.5. The minimum absolute atomic E-state index is 0. The molecule has 5 nitrogen and oxygen atoms in total. The smallest absolute Gasteiger partial charge is 0.191 e. The number of rotatable bonds is 6. The van der Waals surface area contributed by atoms with Gasteiger partial charge >= 0.3 is 0 Å². The highest BCUT2D eigenvalue weighted by molar-refractivity contribution is 14.0. The molecule has 2 N–H and O–H groups in total. The van der Waals surface area contributed by atoms with E-state index in [2.05, 4.69) is 53.6 Å². The van der Waals surface area contributed by atoms with Crippen molar-refractivity contribution in [2.45, 2.75) is 31.6 Å². The zero-order chi connectivity index (χ0) is 18.4. The average Bonchev–Trinajstić information content (AvgIpc) is 3.17. The molecule has 0 bridgehead atoms. The van der Waals surface area contributed by atoms with Crippen LogP contribution in [-0.2, 0) is 6.54 Å². The zero-order valence-electron chi connectivity index (χ0n) is 16.4. The van der Waals surface area contributed by atoms with Crippen molar-refractivity contribution in [1.29, 1.82) is 0 Å². The van der Waals surface area contributed by atoms with Crippen LogP contribution in [0.4, 0.5) is 5.82 Å².